The Morgan fingerprint density at radius 1 is 0.966 bits per heavy atom. The average molecular weight is 382 g/mol. The third-order valence-electron chi connectivity index (χ3n) is 4.19. The molecule has 29 heavy (non-hydrogen) atoms. The second kappa shape index (κ2) is 8.21. The van der Waals surface area contributed by atoms with Gasteiger partial charge in [-0.3, -0.25) is 4.98 Å². The molecule has 0 radical (unpaired) electrons. The van der Waals surface area contributed by atoms with Crippen molar-refractivity contribution >= 4 is 34.2 Å². The standard InChI is InChI=1S/C21H18N8/c1-2-16-6-3-7-18(26-16)27-19-13-25-21(29-22)20(28-19)24-12-14-8-9-17-15(11-14)5-4-10-23-17/h1,3-11,13H,12,22H2,(H,25,29)(H2,24,26,27,28). The van der Waals surface area contributed by atoms with Crippen molar-refractivity contribution in [3.05, 3.63) is 72.2 Å². The molecule has 8 heteroatoms. The van der Waals surface area contributed by atoms with E-state index in [4.69, 9.17) is 12.3 Å². The molecule has 0 saturated heterocycles. The van der Waals surface area contributed by atoms with E-state index in [0.29, 0.717) is 35.5 Å². The lowest BCUT2D eigenvalue weighted by atomic mass is 10.1. The van der Waals surface area contributed by atoms with Gasteiger partial charge in [0.05, 0.1) is 11.7 Å². The van der Waals surface area contributed by atoms with Crippen molar-refractivity contribution in [2.75, 3.05) is 16.1 Å². The molecule has 8 nitrogen and oxygen atoms in total. The van der Waals surface area contributed by atoms with Gasteiger partial charge in [0.1, 0.15) is 11.5 Å². The van der Waals surface area contributed by atoms with Crippen molar-refractivity contribution in [3.8, 4) is 12.3 Å². The number of fused-ring (bicyclic) bond motifs is 1. The van der Waals surface area contributed by atoms with Gasteiger partial charge in [0.25, 0.3) is 0 Å². The van der Waals surface area contributed by atoms with Crippen molar-refractivity contribution in [1.29, 1.82) is 0 Å². The maximum Gasteiger partial charge on any atom is 0.183 e. The Bertz CT molecular complexity index is 1200. The van der Waals surface area contributed by atoms with Crippen LogP contribution in [-0.4, -0.2) is 19.9 Å². The Balaban J connectivity index is 1.53. The first-order valence-corrected chi connectivity index (χ1v) is 8.87. The van der Waals surface area contributed by atoms with Crippen LogP contribution in [0.4, 0.5) is 23.3 Å². The predicted octanol–water partition coefficient (Wildman–Crippen LogP) is 3.04. The Hall–Kier alpha value is -4.22. The molecule has 142 valence electrons. The Morgan fingerprint density at radius 2 is 1.90 bits per heavy atom. The molecule has 4 aromatic rings. The highest BCUT2D eigenvalue weighted by atomic mass is 15.3. The van der Waals surface area contributed by atoms with Gasteiger partial charge < -0.3 is 16.1 Å². The minimum Gasteiger partial charge on any atom is -0.363 e. The van der Waals surface area contributed by atoms with Gasteiger partial charge in [-0.05, 0) is 35.9 Å². The smallest absolute Gasteiger partial charge is 0.183 e. The summed E-state index contributed by atoms with van der Waals surface area (Å²) in [6.45, 7) is 0.544. The van der Waals surface area contributed by atoms with Gasteiger partial charge in [0.15, 0.2) is 17.5 Å². The highest BCUT2D eigenvalue weighted by Gasteiger charge is 2.08. The molecule has 3 heterocycles. The molecule has 0 amide bonds. The summed E-state index contributed by atoms with van der Waals surface area (Å²) < 4.78 is 0. The molecule has 3 aromatic heterocycles. The minimum atomic E-state index is 0.434. The first-order chi connectivity index (χ1) is 14.2. The Labute approximate surface area is 167 Å². The van der Waals surface area contributed by atoms with Crippen LogP contribution < -0.4 is 21.9 Å². The maximum absolute atomic E-state index is 5.58. The van der Waals surface area contributed by atoms with Crippen LogP contribution in [0, 0.1) is 12.3 Å². The van der Waals surface area contributed by atoms with E-state index in [1.165, 1.54) is 0 Å². The summed E-state index contributed by atoms with van der Waals surface area (Å²) in [4.78, 5) is 17.5. The van der Waals surface area contributed by atoms with Crippen molar-refractivity contribution in [2.24, 2.45) is 5.84 Å². The third-order valence-corrected chi connectivity index (χ3v) is 4.19. The molecule has 0 aliphatic heterocycles. The third kappa shape index (κ3) is 4.21. The number of nitrogens with two attached hydrogens (primary N) is 1. The Morgan fingerprint density at radius 3 is 2.76 bits per heavy atom. The monoisotopic (exact) mass is 382 g/mol. The van der Waals surface area contributed by atoms with Crippen LogP contribution >= 0.6 is 0 Å². The summed E-state index contributed by atoms with van der Waals surface area (Å²) >= 11 is 0. The second-order valence-corrected chi connectivity index (χ2v) is 6.16. The fraction of sp³-hybridized carbons (Fsp3) is 0.0476. The summed E-state index contributed by atoms with van der Waals surface area (Å²) in [5.74, 6) is 10.1. The van der Waals surface area contributed by atoms with E-state index in [0.717, 1.165) is 16.5 Å². The fourth-order valence-electron chi connectivity index (χ4n) is 2.81. The molecule has 0 fully saturated rings. The zero-order valence-corrected chi connectivity index (χ0v) is 15.4. The summed E-state index contributed by atoms with van der Waals surface area (Å²) in [7, 11) is 0. The van der Waals surface area contributed by atoms with Crippen molar-refractivity contribution in [1.82, 2.24) is 19.9 Å². The zero-order valence-electron chi connectivity index (χ0n) is 15.4. The lowest BCUT2D eigenvalue weighted by Crippen LogP contribution is -2.14. The number of hydrazine groups is 1. The van der Waals surface area contributed by atoms with Gasteiger partial charge in [-0.25, -0.2) is 20.8 Å². The highest BCUT2D eigenvalue weighted by Crippen LogP contribution is 2.21. The number of nitrogen functional groups attached to an aromatic ring is 1. The van der Waals surface area contributed by atoms with Crippen molar-refractivity contribution in [2.45, 2.75) is 6.54 Å². The first-order valence-electron chi connectivity index (χ1n) is 8.87. The van der Waals surface area contributed by atoms with Gasteiger partial charge in [0, 0.05) is 18.1 Å². The summed E-state index contributed by atoms with van der Waals surface area (Å²) in [6, 6.07) is 15.4. The summed E-state index contributed by atoms with van der Waals surface area (Å²) in [6.07, 6.45) is 8.74. The van der Waals surface area contributed by atoms with Crippen LogP contribution in [0.25, 0.3) is 10.9 Å². The maximum atomic E-state index is 5.58. The van der Waals surface area contributed by atoms with Crippen molar-refractivity contribution < 1.29 is 0 Å². The largest absolute Gasteiger partial charge is 0.363 e. The molecule has 4 rings (SSSR count). The van der Waals surface area contributed by atoms with Gasteiger partial charge in [-0.15, -0.1) is 6.42 Å². The number of nitrogens with one attached hydrogen (secondary N) is 3. The molecule has 0 saturated carbocycles. The van der Waals surface area contributed by atoms with Crippen LogP contribution in [0.1, 0.15) is 11.3 Å². The normalized spacial score (nSPS) is 10.3. The van der Waals surface area contributed by atoms with E-state index in [1.807, 2.05) is 30.3 Å². The number of rotatable bonds is 6. The number of benzene rings is 1. The molecular formula is C21H18N8. The summed E-state index contributed by atoms with van der Waals surface area (Å²) in [5.41, 5.74) is 5.12. The van der Waals surface area contributed by atoms with Gasteiger partial charge in [-0.2, -0.15) is 0 Å². The summed E-state index contributed by atoms with van der Waals surface area (Å²) in [5, 5.41) is 7.43. The van der Waals surface area contributed by atoms with E-state index in [9.17, 15) is 0 Å². The number of hydrogen-bond acceptors (Lipinski definition) is 8. The van der Waals surface area contributed by atoms with E-state index in [-0.39, 0.29) is 0 Å². The van der Waals surface area contributed by atoms with Crippen molar-refractivity contribution in [3.63, 3.8) is 0 Å². The van der Waals surface area contributed by atoms with Crippen LogP contribution in [0.3, 0.4) is 0 Å². The number of terminal acetylenes is 1. The topological polar surface area (TPSA) is 114 Å². The van der Waals surface area contributed by atoms with E-state index < -0.39 is 0 Å². The number of hydrogen-bond donors (Lipinski definition) is 4. The molecule has 0 aliphatic rings. The van der Waals surface area contributed by atoms with Crippen LogP contribution in [0.5, 0.6) is 0 Å². The predicted molar refractivity (Wildman–Crippen MR) is 114 cm³/mol. The van der Waals surface area contributed by atoms with Crippen LogP contribution in [0.2, 0.25) is 0 Å². The highest BCUT2D eigenvalue weighted by molar-refractivity contribution is 5.79. The molecular weight excluding hydrogens is 364 g/mol. The zero-order chi connectivity index (χ0) is 20.1. The molecule has 0 atom stereocenters. The number of anilines is 4. The first kappa shape index (κ1) is 18.2. The minimum absolute atomic E-state index is 0.434. The molecule has 0 bridgehead atoms. The molecule has 0 aliphatic carbocycles. The van der Waals surface area contributed by atoms with Crippen LogP contribution in [-0.2, 0) is 6.54 Å². The van der Waals surface area contributed by atoms with Gasteiger partial charge in [-0.1, -0.05) is 24.1 Å². The molecule has 0 unspecified atom stereocenters. The van der Waals surface area contributed by atoms with E-state index in [2.05, 4.69) is 48.0 Å². The van der Waals surface area contributed by atoms with Gasteiger partial charge in [0.2, 0.25) is 0 Å². The number of aromatic nitrogens is 4. The Kier molecular flexibility index (Phi) is 5.14. The van der Waals surface area contributed by atoms with Gasteiger partial charge >= 0.3 is 0 Å². The second-order valence-electron chi connectivity index (χ2n) is 6.16. The van der Waals surface area contributed by atoms with E-state index in [1.54, 1.807) is 24.5 Å². The van der Waals surface area contributed by atoms with E-state index >= 15 is 0 Å². The lowest BCUT2D eigenvalue weighted by Gasteiger charge is -2.12. The van der Waals surface area contributed by atoms with Crippen LogP contribution in [0.15, 0.2) is 60.9 Å². The SMILES string of the molecule is C#Cc1cccc(Nc2cnc(NN)c(NCc3ccc4ncccc4c3)n2)n1. The molecule has 1 aromatic carbocycles. The number of pyridine rings is 2. The molecule has 0 spiro atoms. The fourth-order valence-corrected chi connectivity index (χ4v) is 2.81. The molecule has 5 N–H and O–H groups in total. The quantitative estimate of drug-likeness (QED) is 0.229. The number of nitrogens with zero attached hydrogens (tertiary/aromatic N) is 4. The lowest BCUT2D eigenvalue weighted by molar-refractivity contribution is 1.08. The average Bonchev–Trinajstić information content (AvgIpc) is 2.78.